The molecule has 4 rings (SSSR count). The quantitative estimate of drug-likeness (QED) is 0.229. The van der Waals surface area contributed by atoms with Crippen molar-refractivity contribution in [1.82, 2.24) is 9.62 Å². The van der Waals surface area contributed by atoms with Crippen molar-refractivity contribution in [2.45, 2.75) is 34.5 Å². The molecule has 3 aromatic rings. The van der Waals surface area contributed by atoms with E-state index in [1.807, 2.05) is 18.4 Å². The summed E-state index contributed by atoms with van der Waals surface area (Å²) in [4.78, 5) is 24.4. The summed E-state index contributed by atoms with van der Waals surface area (Å²) in [6, 6.07) is 17.0. The van der Waals surface area contributed by atoms with Crippen LogP contribution in [-0.4, -0.2) is 48.9 Å². The number of non-ortho nitro benzene ring substituents is 1. The summed E-state index contributed by atoms with van der Waals surface area (Å²) >= 11 is 2.81. The van der Waals surface area contributed by atoms with Crippen LogP contribution in [0.2, 0.25) is 0 Å². The summed E-state index contributed by atoms with van der Waals surface area (Å²) in [5.41, 5.74) is 1.24. The Bertz CT molecular complexity index is 1330. The average molecular weight is 547 g/mol. The molecular weight excluding hydrogens is 520 g/mol. The number of amides is 1. The highest BCUT2D eigenvalue weighted by Crippen LogP contribution is 2.28. The molecule has 1 aromatic heterocycles. The number of nitro groups is 1. The van der Waals surface area contributed by atoms with Gasteiger partial charge in [0.2, 0.25) is 0 Å². The minimum Gasteiger partial charge on any atom is -0.382 e. The predicted molar refractivity (Wildman–Crippen MR) is 142 cm³/mol. The van der Waals surface area contributed by atoms with Gasteiger partial charge >= 0.3 is 0 Å². The van der Waals surface area contributed by atoms with E-state index < -0.39 is 14.9 Å². The number of carbonyl (C=O) groups is 1. The third-order valence-electron chi connectivity index (χ3n) is 5.89. The Hall–Kier alpha value is -2.93. The Morgan fingerprint density at radius 2 is 1.86 bits per heavy atom. The number of nitrogens with one attached hydrogen (secondary N) is 2. The number of benzene rings is 2. The van der Waals surface area contributed by atoms with Crippen molar-refractivity contribution in [1.29, 1.82) is 0 Å². The number of piperidine rings is 1. The fourth-order valence-corrected chi connectivity index (χ4v) is 7.29. The van der Waals surface area contributed by atoms with Crippen molar-refractivity contribution in [2.75, 3.05) is 24.7 Å². The molecule has 36 heavy (non-hydrogen) atoms. The monoisotopic (exact) mass is 546 g/mol. The van der Waals surface area contributed by atoms with Gasteiger partial charge in [0.15, 0.2) is 0 Å². The van der Waals surface area contributed by atoms with Gasteiger partial charge in [-0.25, -0.2) is 8.42 Å². The van der Waals surface area contributed by atoms with Crippen LogP contribution >= 0.6 is 23.1 Å². The molecule has 0 bridgehead atoms. The molecule has 1 saturated heterocycles. The van der Waals surface area contributed by atoms with E-state index in [4.69, 9.17) is 0 Å². The normalized spacial score (nSPS) is 14.9. The smallest absolute Gasteiger partial charge is 0.269 e. The molecule has 1 amide bonds. The molecule has 2 heterocycles. The summed E-state index contributed by atoms with van der Waals surface area (Å²) in [6.07, 6.45) is 3.46. The molecule has 0 atom stereocenters. The number of nitrogens with zero attached hydrogens (tertiary/aromatic N) is 2. The third-order valence-corrected chi connectivity index (χ3v) is 10.1. The first kappa shape index (κ1) is 26.1. The highest BCUT2D eigenvalue weighted by Gasteiger charge is 2.30. The molecule has 0 saturated carbocycles. The Morgan fingerprint density at radius 3 is 2.53 bits per heavy atom. The maximum atomic E-state index is 13.2. The van der Waals surface area contributed by atoms with E-state index in [2.05, 4.69) is 22.8 Å². The van der Waals surface area contributed by atoms with Crippen LogP contribution < -0.4 is 10.6 Å². The standard InChI is InChI=1S/C24H26N4O5S3/c1-34-21-4-2-3-19(15-21)26-18-11-13-27(14-12-18)36(32,33)23-10-9-22(35-23)16-25-24(29)17-5-7-20(8-6-17)28(30)31/h2-10,15,18,26H,11-14,16H2,1H3,(H,25,29). The first-order valence-corrected chi connectivity index (χ1v) is 14.8. The van der Waals surface area contributed by atoms with Crippen molar-refractivity contribution in [3.05, 3.63) is 81.2 Å². The number of thiophene rings is 1. The Kier molecular flexibility index (Phi) is 8.29. The van der Waals surface area contributed by atoms with E-state index in [1.54, 1.807) is 23.9 Å². The van der Waals surface area contributed by atoms with Gasteiger partial charge in [0.1, 0.15) is 4.21 Å². The maximum Gasteiger partial charge on any atom is 0.269 e. The molecule has 190 valence electrons. The van der Waals surface area contributed by atoms with Gasteiger partial charge in [-0.3, -0.25) is 14.9 Å². The zero-order valence-electron chi connectivity index (χ0n) is 19.5. The molecule has 0 unspecified atom stereocenters. The number of thioether (sulfide) groups is 1. The molecule has 0 aliphatic carbocycles. The van der Waals surface area contributed by atoms with Crippen LogP contribution in [-0.2, 0) is 16.6 Å². The first-order chi connectivity index (χ1) is 17.3. The number of hydrogen-bond donors (Lipinski definition) is 2. The number of anilines is 1. The fourth-order valence-electron chi connectivity index (χ4n) is 3.91. The van der Waals surface area contributed by atoms with Crippen LogP contribution in [0, 0.1) is 10.1 Å². The zero-order valence-corrected chi connectivity index (χ0v) is 22.0. The van der Waals surface area contributed by atoms with E-state index in [0.717, 1.165) is 17.0 Å². The lowest BCUT2D eigenvalue weighted by Crippen LogP contribution is -2.42. The van der Waals surface area contributed by atoms with E-state index in [0.29, 0.717) is 36.4 Å². The lowest BCUT2D eigenvalue weighted by molar-refractivity contribution is -0.384. The van der Waals surface area contributed by atoms with Crippen LogP contribution in [0.4, 0.5) is 11.4 Å². The van der Waals surface area contributed by atoms with E-state index in [-0.39, 0.29) is 28.4 Å². The summed E-state index contributed by atoms with van der Waals surface area (Å²) in [6.45, 7) is 1.04. The minimum atomic E-state index is -3.61. The van der Waals surface area contributed by atoms with Crippen molar-refractivity contribution >= 4 is 50.4 Å². The van der Waals surface area contributed by atoms with E-state index in [9.17, 15) is 23.3 Å². The van der Waals surface area contributed by atoms with Crippen LogP contribution in [0.3, 0.4) is 0 Å². The predicted octanol–water partition coefficient (Wildman–Crippen LogP) is 4.57. The SMILES string of the molecule is CSc1cccc(NC2CCN(S(=O)(=O)c3ccc(CNC(=O)c4ccc([N+](=O)[O-])cc4)s3)CC2)c1. The second-order valence-corrected chi connectivity index (χ2v) is 12.5. The van der Waals surface area contributed by atoms with Gasteiger partial charge in [0, 0.05) is 52.3 Å². The molecule has 9 nitrogen and oxygen atoms in total. The topological polar surface area (TPSA) is 122 Å². The number of nitro benzene ring substituents is 1. The van der Waals surface area contributed by atoms with Crippen LogP contribution in [0.5, 0.6) is 0 Å². The van der Waals surface area contributed by atoms with Crippen molar-refractivity contribution in [3.8, 4) is 0 Å². The second kappa shape index (κ2) is 11.4. The Labute approximate surface area is 218 Å². The lowest BCUT2D eigenvalue weighted by Gasteiger charge is -2.31. The Morgan fingerprint density at radius 1 is 1.14 bits per heavy atom. The number of sulfonamides is 1. The summed E-state index contributed by atoms with van der Waals surface area (Å²) in [7, 11) is -3.61. The summed E-state index contributed by atoms with van der Waals surface area (Å²) in [5.74, 6) is -0.389. The minimum absolute atomic E-state index is 0.0933. The molecule has 1 aliphatic rings. The summed E-state index contributed by atoms with van der Waals surface area (Å²) in [5, 5.41) is 17.0. The number of hydrogen-bond acceptors (Lipinski definition) is 8. The van der Waals surface area contributed by atoms with Gasteiger partial charge in [0.25, 0.3) is 21.6 Å². The van der Waals surface area contributed by atoms with Gasteiger partial charge in [-0.05, 0) is 61.6 Å². The maximum absolute atomic E-state index is 13.2. The van der Waals surface area contributed by atoms with Crippen molar-refractivity contribution in [2.24, 2.45) is 0 Å². The lowest BCUT2D eigenvalue weighted by atomic mass is 10.1. The largest absolute Gasteiger partial charge is 0.382 e. The van der Waals surface area contributed by atoms with Crippen molar-refractivity contribution < 1.29 is 18.1 Å². The highest BCUT2D eigenvalue weighted by atomic mass is 32.2. The molecular formula is C24H26N4O5S3. The van der Waals surface area contributed by atoms with Crippen LogP contribution in [0.25, 0.3) is 0 Å². The molecule has 12 heteroatoms. The molecule has 0 spiro atoms. The molecule has 1 aliphatic heterocycles. The van der Waals surface area contributed by atoms with Crippen molar-refractivity contribution in [3.63, 3.8) is 0 Å². The van der Waals surface area contributed by atoms with Gasteiger partial charge < -0.3 is 10.6 Å². The molecule has 2 N–H and O–H groups in total. The summed E-state index contributed by atoms with van der Waals surface area (Å²) < 4.78 is 28.1. The zero-order chi connectivity index (χ0) is 25.7. The van der Waals surface area contributed by atoms with Crippen LogP contribution in [0.15, 0.2) is 69.8 Å². The second-order valence-electron chi connectivity index (χ2n) is 8.26. The van der Waals surface area contributed by atoms with E-state index in [1.165, 1.54) is 33.5 Å². The first-order valence-electron chi connectivity index (χ1n) is 11.3. The van der Waals surface area contributed by atoms with Crippen LogP contribution in [0.1, 0.15) is 28.1 Å². The number of rotatable bonds is 9. The average Bonchev–Trinajstić information content (AvgIpc) is 3.38. The van der Waals surface area contributed by atoms with Gasteiger partial charge in [-0.15, -0.1) is 23.1 Å². The third kappa shape index (κ3) is 6.25. The Balaban J connectivity index is 1.30. The highest BCUT2D eigenvalue weighted by molar-refractivity contribution is 7.98. The molecule has 2 aromatic carbocycles. The van der Waals surface area contributed by atoms with Gasteiger partial charge in [0.05, 0.1) is 11.5 Å². The molecule has 0 radical (unpaired) electrons. The van der Waals surface area contributed by atoms with E-state index >= 15 is 0 Å². The van der Waals surface area contributed by atoms with Gasteiger partial charge in [-0.2, -0.15) is 4.31 Å². The van der Waals surface area contributed by atoms with Gasteiger partial charge in [-0.1, -0.05) is 6.07 Å². The molecule has 1 fully saturated rings. The number of carbonyl (C=O) groups excluding carboxylic acids is 1. The fraction of sp³-hybridized carbons (Fsp3) is 0.292.